The van der Waals surface area contributed by atoms with Crippen LogP contribution >= 0.6 is 39.0 Å². The average Bonchev–Trinajstić information content (AvgIpc) is 2.45. The molecule has 4 heteroatoms. The molecule has 0 radical (unpaired) electrons. The van der Waals surface area contributed by atoms with Crippen molar-refractivity contribution in [3.63, 3.8) is 0 Å². The molecule has 0 saturated heterocycles. The monoisotopic (exact) mass is 265 g/mol. The number of hydrogen-bond acceptors (Lipinski definition) is 3. The van der Waals surface area contributed by atoms with Crippen molar-refractivity contribution in [2.45, 2.75) is 24.1 Å². The van der Waals surface area contributed by atoms with Crippen LogP contribution in [0.3, 0.4) is 0 Å². The van der Waals surface area contributed by atoms with Crippen molar-refractivity contribution in [1.29, 1.82) is 0 Å². The van der Waals surface area contributed by atoms with E-state index in [4.69, 9.17) is 0 Å². The Morgan fingerprint density at radius 1 is 1.58 bits per heavy atom. The van der Waals surface area contributed by atoms with Crippen LogP contribution in [0.5, 0.6) is 0 Å². The molecule has 0 bridgehead atoms. The van der Waals surface area contributed by atoms with Gasteiger partial charge in [0.15, 0.2) is 0 Å². The Morgan fingerprint density at radius 2 is 2.42 bits per heavy atom. The van der Waals surface area contributed by atoms with Crippen LogP contribution < -0.4 is 0 Å². The molecule has 0 aromatic carbocycles. The standard InChI is InChI=1S/C8H12BrNS2/c1-7-6-12-8(10-7)11-5-3-2-4-9/h6H,2-5H2,1H3. The molecule has 0 aliphatic carbocycles. The van der Waals surface area contributed by atoms with Gasteiger partial charge in [0.05, 0.1) is 0 Å². The largest absolute Gasteiger partial charge is 0.235 e. The van der Waals surface area contributed by atoms with E-state index in [1.54, 1.807) is 11.3 Å². The van der Waals surface area contributed by atoms with Crippen LogP contribution in [0.4, 0.5) is 0 Å². The normalized spacial score (nSPS) is 10.5. The fraction of sp³-hybridized carbons (Fsp3) is 0.625. The maximum atomic E-state index is 4.38. The van der Waals surface area contributed by atoms with Gasteiger partial charge < -0.3 is 0 Å². The summed E-state index contributed by atoms with van der Waals surface area (Å²) in [6.07, 6.45) is 2.53. The van der Waals surface area contributed by atoms with Crippen LogP contribution in [-0.2, 0) is 0 Å². The van der Waals surface area contributed by atoms with Crippen LogP contribution in [0.1, 0.15) is 18.5 Å². The first-order chi connectivity index (χ1) is 5.83. The van der Waals surface area contributed by atoms with E-state index in [9.17, 15) is 0 Å². The first-order valence-corrected chi connectivity index (χ1v) is 6.92. The number of rotatable bonds is 5. The molecule has 0 amide bonds. The molecule has 0 aliphatic rings. The molecule has 1 heterocycles. The van der Waals surface area contributed by atoms with Crippen LogP contribution in [-0.4, -0.2) is 16.1 Å². The van der Waals surface area contributed by atoms with Crippen LogP contribution in [0.15, 0.2) is 9.72 Å². The molecule has 1 aromatic rings. The molecule has 0 fully saturated rings. The lowest BCUT2D eigenvalue weighted by Crippen LogP contribution is -1.80. The lowest BCUT2D eigenvalue weighted by molar-refractivity contribution is 0.912. The number of aromatic nitrogens is 1. The second-order valence-corrected chi connectivity index (χ2v) is 5.49. The van der Waals surface area contributed by atoms with Gasteiger partial charge in [-0.2, -0.15) is 0 Å². The summed E-state index contributed by atoms with van der Waals surface area (Å²) < 4.78 is 1.21. The Morgan fingerprint density at radius 3 is 3.00 bits per heavy atom. The van der Waals surface area contributed by atoms with Gasteiger partial charge in [-0.15, -0.1) is 11.3 Å². The third-order valence-electron chi connectivity index (χ3n) is 1.35. The zero-order chi connectivity index (χ0) is 8.81. The molecule has 12 heavy (non-hydrogen) atoms. The predicted molar refractivity (Wildman–Crippen MR) is 60.6 cm³/mol. The van der Waals surface area contributed by atoms with Gasteiger partial charge in [0, 0.05) is 22.2 Å². The third-order valence-corrected chi connectivity index (χ3v) is 4.14. The molecule has 1 aromatic heterocycles. The van der Waals surface area contributed by atoms with Crippen molar-refractivity contribution in [3.8, 4) is 0 Å². The van der Waals surface area contributed by atoms with E-state index in [0.29, 0.717) is 0 Å². The lowest BCUT2D eigenvalue weighted by Gasteiger charge is -1.94. The number of aryl methyl sites for hydroxylation is 1. The van der Waals surface area contributed by atoms with Crippen LogP contribution in [0.25, 0.3) is 0 Å². The van der Waals surface area contributed by atoms with Gasteiger partial charge >= 0.3 is 0 Å². The molecule has 0 unspecified atom stereocenters. The number of unbranched alkanes of at least 4 members (excludes halogenated alkanes) is 1. The number of thiazole rings is 1. The van der Waals surface area contributed by atoms with E-state index in [2.05, 4.69) is 26.3 Å². The minimum absolute atomic E-state index is 1.12. The maximum absolute atomic E-state index is 4.38. The lowest BCUT2D eigenvalue weighted by atomic mass is 10.4. The van der Waals surface area contributed by atoms with E-state index >= 15 is 0 Å². The van der Waals surface area contributed by atoms with Crippen LogP contribution in [0, 0.1) is 6.92 Å². The minimum Gasteiger partial charge on any atom is -0.235 e. The fourth-order valence-corrected chi connectivity index (χ4v) is 3.07. The van der Waals surface area contributed by atoms with E-state index < -0.39 is 0 Å². The Balaban J connectivity index is 2.15. The highest BCUT2D eigenvalue weighted by Gasteiger charge is 1.97. The summed E-state index contributed by atoms with van der Waals surface area (Å²) in [5.41, 5.74) is 1.14. The third kappa shape index (κ3) is 3.92. The van der Waals surface area contributed by atoms with Gasteiger partial charge in [-0.05, 0) is 19.8 Å². The first-order valence-electron chi connectivity index (χ1n) is 3.94. The molecular formula is C8H12BrNS2. The summed E-state index contributed by atoms with van der Waals surface area (Å²) >= 11 is 7.03. The average molecular weight is 266 g/mol. The number of hydrogen-bond donors (Lipinski definition) is 0. The van der Waals surface area contributed by atoms with Gasteiger partial charge in [-0.25, -0.2) is 4.98 Å². The van der Waals surface area contributed by atoms with E-state index in [1.807, 2.05) is 18.7 Å². The van der Waals surface area contributed by atoms with Crippen molar-refractivity contribution in [2.24, 2.45) is 0 Å². The Hall–Kier alpha value is 0.460. The van der Waals surface area contributed by atoms with Crippen molar-refractivity contribution < 1.29 is 0 Å². The Kier molecular flexibility index (Phi) is 5.27. The number of thioether (sulfide) groups is 1. The zero-order valence-electron chi connectivity index (χ0n) is 7.05. The molecule has 0 spiro atoms. The molecule has 68 valence electrons. The first kappa shape index (κ1) is 10.5. The second-order valence-electron chi connectivity index (χ2n) is 2.50. The SMILES string of the molecule is Cc1csc(SCCCCBr)n1. The highest BCUT2D eigenvalue weighted by Crippen LogP contribution is 2.23. The van der Waals surface area contributed by atoms with E-state index in [-0.39, 0.29) is 0 Å². The van der Waals surface area contributed by atoms with Crippen molar-refractivity contribution in [1.82, 2.24) is 4.98 Å². The summed E-state index contributed by atoms with van der Waals surface area (Å²) in [6, 6.07) is 0. The predicted octanol–water partition coefficient (Wildman–Crippen LogP) is 3.72. The fourth-order valence-electron chi connectivity index (χ4n) is 0.755. The molecule has 0 atom stereocenters. The molecule has 0 saturated carbocycles. The number of nitrogens with zero attached hydrogens (tertiary/aromatic N) is 1. The summed E-state index contributed by atoms with van der Waals surface area (Å²) in [6.45, 7) is 2.04. The van der Waals surface area contributed by atoms with Gasteiger partial charge in [-0.3, -0.25) is 0 Å². The van der Waals surface area contributed by atoms with E-state index in [0.717, 1.165) is 11.0 Å². The molecule has 0 N–H and O–H groups in total. The quantitative estimate of drug-likeness (QED) is 0.457. The molecule has 0 aliphatic heterocycles. The number of halogens is 1. The summed E-state index contributed by atoms with van der Waals surface area (Å²) in [5.74, 6) is 1.19. The van der Waals surface area contributed by atoms with Crippen molar-refractivity contribution in [3.05, 3.63) is 11.1 Å². The number of alkyl halides is 1. The Labute approximate surface area is 90.1 Å². The smallest absolute Gasteiger partial charge is 0.150 e. The van der Waals surface area contributed by atoms with Gasteiger partial charge in [0.1, 0.15) is 4.34 Å². The molecule has 1 rings (SSSR count). The summed E-state index contributed by atoms with van der Waals surface area (Å²) in [4.78, 5) is 4.38. The summed E-state index contributed by atoms with van der Waals surface area (Å²) in [5, 5.41) is 3.22. The van der Waals surface area contributed by atoms with E-state index in [1.165, 1.54) is 22.9 Å². The highest BCUT2D eigenvalue weighted by molar-refractivity contribution is 9.09. The topological polar surface area (TPSA) is 12.9 Å². The van der Waals surface area contributed by atoms with Gasteiger partial charge in [-0.1, -0.05) is 27.7 Å². The van der Waals surface area contributed by atoms with Gasteiger partial charge in [0.2, 0.25) is 0 Å². The highest BCUT2D eigenvalue weighted by atomic mass is 79.9. The van der Waals surface area contributed by atoms with Crippen LogP contribution in [0.2, 0.25) is 0 Å². The molecule has 1 nitrogen and oxygen atoms in total. The van der Waals surface area contributed by atoms with Crippen molar-refractivity contribution in [2.75, 3.05) is 11.1 Å². The molecular weight excluding hydrogens is 254 g/mol. The second kappa shape index (κ2) is 6.00. The zero-order valence-corrected chi connectivity index (χ0v) is 10.3. The maximum Gasteiger partial charge on any atom is 0.150 e. The van der Waals surface area contributed by atoms with Gasteiger partial charge in [0.25, 0.3) is 0 Å². The summed E-state index contributed by atoms with van der Waals surface area (Å²) in [7, 11) is 0. The van der Waals surface area contributed by atoms with Crippen molar-refractivity contribution >= 4 is 39.0 Å². The Bertz CT molecular complexity index is 225. The minimum atomic E-state index is 1.12.